The van der Waals surface area contributed by atoms with E-state index in [0.29, 0.717) is 12.3 Å². The number of rotatable bonds is 4. The van der Waals surface area contributed by atoms with Crippen molar-refractivity contribution in [3.05, 3.63) is 64.0 Å². The van der Waals surface area contributed by atoms with Gasteiger partial charge >= 0.3 is 0 Å². The van der Waals surface area contributed by atoms with Gasteiger partial charge in [0.25, 0.3) is 0 Å². The van der Waals surface area contributed by atoms with Crippen LogP contribution < -0.4 is 0 Å². The summed E-state index contributed by atoms with van der Waals surface area (Å²) >= 11 is 0. The van der Waals surface area contributed by atoms with E-state index >= 15 is 0 Å². The second-order valence-electron chi connectivity index (χ2n) is 7.61. The highest BCUT2D eigenvalue weighted by Crippen LogP contribution is 2.35. The third-order valence-electron chi connectivity index (χ3n) is 5.45. The second kappa shape index (κ2) is 6.21. The Hall–Kier alpha value is -1.87. The molecular formula is C21H26FNO. The first-order chi connectivity index (χ1) is 11.3. The largest absolute Gasteiger partial charge is 0.508 e. The molecule has 0 aliphatic carbocycles. The number of phenolic OH excluding ortho intramolecular Hbond substituents is 1. The molecule has 3 heteroatoms. The Morgan fingerprint density at radius 2 is 1.75 bits per heavy atom. The molecule has 0 atom stereocenters. The summed E-state index contributed by atoms with van der Waals surface area (Å²) in [6.07, 6.45) is 1.94. The number of hydrogen-bond acceptors (Lipinski definition) is 2. The molecule has 1 aliphatic heterocycles. The summed E-state index contributed by atoms with van der Waals surface area (Å²) in [5.74, 6) is 0.266. The van der Waals surface area contributed by atoms with Gasteiger partial charge in [0, 0.05) is 24.2 Å². The summed E-state index contributed by atoms with van der Waals surface area (Å²) in [6, 6.07) is 9.27. The lowest BCUT2D eigenvalue weighted by atomic mass is 9.93. The van der Waals surface area contributed by atoms with Crippen molar-refractivity contribution in [3.63, 3.8) is 0 Å². The van der Waals surface area contributed by atoms with E-state index in [0.717, 1.165) is 36.1 Å². The number of phenols is 1. The van der Waals surface area contributed by atoms with Gasteiger partial charge in [-0.15, -0.1) is 0 Å². The maximum absolute atomic E-state index is 14.1. The van der Waals surface area contributed by atoms with Crippen LogP contribution in [-0.2, 0) is 19.5 Å². The van der Waals surface area contributed by atoms with Gasteiger partial charge in [-0.05, 0) is 74.9 Å². The molecule has 2 aromatic rings. The molecule has 0 amide bonds. The summed E-state index contributed by atoms with van der Waals surface area (Å²) < 4.78 is 14.1. The number of hydrogen-bond donors (Lipinski definition) is 1. The van der Waals surface area contributed by atoms with Crippen LogP contribution in [0.5, 0.6) is 5.75 Å². The van der Waals surface area contributed by atoms with Gasteiger partial charge in [-0.1, -0.05) is 18.2 Å². The van der Waals surface area contributed by atoms with E-state index in [2.05, 4.69) is 25.7 Å². The van der Waals surface area contributed by atoms with Crippen LogP contribution in [0.2, 0.25) is 0 Å². The smallest absolute Gasteiger partial charge is 0.128 e. The second-order valence-corrected chi connectivity index (χ2v) is 7.61. The Balaban J connectivity index is 1.71. The van der Waals surface area contributed by atoms with Crippen molar-refractivity contribution < 1.29 is 9.50 Å². The number of halogens is 1. The molecule has 0 fully saturated rings. The highest BCUT2D eigenvalue weighted by molar-refractivity contribution is 5.39. The zero-order valence-electron chi connectivity index (χ0n) is 15.0. The summed E-state index contributed by atoms with van der Waals surface area (Å²) in [5, 5.41) is 9.65. The molecular weight excluding hydrogens is 301 g/mol. The van der Waals surface area contributed by atoms with Crippen molar-refractivity contribution in [1.29, 1.82) is 0 Å². The molecule has 3 rings (SSSR count). The molecule has 24 heavy (non-hydrogen) atoms. The fraction of sp³-hybridized carbons (Fsp3) is 0.429. The third kappa shape index (κ3) is 3.18. The minimum absolute atomic E-state index is 0.0102. The predicted octanol–water partition coefficient (Wildman–Crippen LogP) is 4.88. The third-order valence-corrected chi connectivity index (χ3v) is 5.45. The van der Waals surface area contributed by atoms with Gasteiger partial charge in [0.05, 0.1) is 0 Å². The first-order valence-electron chi connectivity index (χ1n) is 8.58. The molecule has 2 nitrogen and oxygen atoms in total. The van der Waals surface area contributed by atoms with Crippen molar-refractivity contribution in [1.82, 2.24) is 4.90 Å². The molecule has 0 radical (unpaired) electrons. The van der Waals surface area contributed by atoms with Gasteiger partial charge in [0.15, 0.2) is 0 Å². The molecule has 0 saturated carbocycles. The highest BCUT2D eigenvalue weighted by atomic mass is 19.1. The highest BCUT2D eigenvalue weighted by Gasteiger charge is 2.33. The van der Waals surface area contributed by atoms with E-state index in [9.17, 15) is 9.50 Å². The maximum atomic E-state index is 14.1. The Kier molecular flexibility index (Phi) is 4.39. The van der Waals surface area contributed by atoms with Crippen molar-refractivity contribution in [2.75, 3.05) is 0 Å². The lowest BCUT2D eigenvalue weighted by molar-refractivity contribution is 0.109. The van der Waals surface area contributed by atoms with Gasteiger partial charge in [0.1, 0.15) is 11.6 Å². The number of benzene rings is 2. The fourth-order valence-electron chi connectivity index (χ4n) is 3.52. The van der Waals surface area contributed by atoms with Crippen LogP contribution >= 0.6 is 0 Å². The summed E-state index contributed by atoms with van der Waals surface area (Å²) in [7, 11) is 0. The Morgan fingerprint density at radius 3 is 2.42 bits per heavy atom. The molecule has 1 aliphatic rings. The van der Waals surface area contributed by atoms with Crippen LogP contribution in [-0.4, -0.2) is 15.5 Å². The molecule has 1 heterocycles. The molecule has 0 spiro atoms. The van der Waals surface area contributed by atoms with E-state index in [1.807, 2.05) is 25.1 Å². The summed E-state index contributed by atoms with van der Waals surface area (Å²) in [4.78, 5) is 2.38. The van der Waals surface area contributed by atoms with Gasteiger partial charge in [-0.3, -0.25) is 4.90 Å². The molecule has 2 aromatic carbocycles. The number of aryl methyl sites for hydroxylation is 3. The minimum atomic E-state index is -0.0805. The Labute approximate surface area is 143 Å². The maximum Gasteiger partial charge on any atom is 0.128 e. The van der Waals surface area contributed by atoms with Crippen LogP contribution in [0.15, 0.2) is 30.3 Å². The van der Waals surface area contributed by atoms with E-state index in [-0.39, 0.29) is 11.4 Å². The molecule has 0 unspecified atom stereocenters. The summed E-state index contributed by atoms with van der Waals surface area (Å²) in [5.41, 5.74) is 5.34. The fourth-order valence-corrected chi connectivity index (χ4v) is 3.52. The monoisotopic (exact) mass is 327 g/mol. The van der Waals surface area contributed by atoms with Crippen LogP contribution in [0.25, 0.3) is 0 Å². The first kappa shape index (κ1) is 17.0. The van der Waals surface area contributed by atoms with Gasteiger partial charge in [0.2, 0.25) is 0 Å². The lowest BCUT2D eigenvalue weighted by Gasteiger charge is -2.35. The average Bonchev–Trinajstić information content (AvgIpc) is 3.00. The van der Waals surface area contributed by atoms with Crippen molar-refractivity contribution >= 4 is 0 Å². The standard InChI is InChI=1S/C21H26FNO/c1-14-5-7-19(22)18-13-23(12-17(14)18)21(3,4)10-9-16-6-8-20(24)15(2)11-16/h5-8,11,24H,9-10,12-13H2,1-4H3. The average molecular weight is 327 g/mol. The zero-order valence-corrected chi connectivity index (χ0v) is 15.0. The normalized spacial score (nSPS) is 14.9. The molecule has 0 saturated heterocycles. The number of fused-ring (bicyclic) bond motifs is 1. The quantitative estimate of drug-likeness (QED) is 0.865. The minimum Gasteiger partial charge on any atom is -0.508 e. The Morgan fingerprint density at radius 1 is 1.04 bits per heavy atom. The summed E-state index contributed by atoms with van der Waals surface area (Å²) in [6.45, 7) is 9.96. The molecule has 1 N–H and O–H groups in total. The van der Waals surface area contributed by atoms with Crippen LogP contribution in [0.1, 0.15) is 48.1 Å². The first-order valence-corrected chi connectivity index (χ1v) is 8.58. The van der Waals surface area contributed by atoms with Gasteiger partial charge < -0.3 is 5.11 Å². The van der Waals surface area contributed by atoms with E-state index in [1.165, 1.54) is 11.1 Å². The Bertz CT molecular complexity index is 736. The molecule has 0 bridgehead atoms. The van der Waals surface area contributed by atoms with Gasteiger partial charge in [-0.25, -0.2) is 4.39 Å². The topological polar surface area (TPSA) is 23.5 Å². The van der Waals surface area contributed by atoms with E-state index in [4.69, 9.17) is 0 Å². The molecule has 0 aromatic heterocycles. The molecule has 128 valence electrons. The predicted molar refractivity (Wildman–Crippen MR) is 95.6 cm³/mol. The number of nitrogens with zero attached hydrogens (tertiary/aromatic N) is 1. The van der Waals surface area contributed by atoms with E-state index in [1.54, 1.807) is 12.1 Å². The number of aromatic hydroxyl groups is 1. The SMILES string of the molecule is Cc1cc(CCC(C)(C)N2Cc3c(C)ccc(F)c3C2)ccc1O. The zero-order chi connectivity index (χ0) is 17.5. The van der Waals surface area contributed by atoms with Crippen molar-refractivity contribution in [2.24, 2.45) is 0 Å². The van der Waals surface area contributed by atoms with Crippen molar-refractivity contribution in [3.8, 4) is 5.75 Å². The van der Waals surface area contributed by atoms with Gasteiger partial charge in [-0.2, -0.15) is 0 Å². The van der Waals surface area contributed by atoms with Crippen LogP contribution in [0.3, 0.4) is 0 Å². The lowest BCUT2D eigenvalue weighted by Crippen LogP contribution is -2.40. The van der Waals surface area contributed by atoms with Crippen molar-refractivity contribution in [2.45, 2.75) is 59.2 Å². The van der Waals surface area contributed by atoms with Crippen LogP contribution in [0.4, 0.5) is 4.39 Å². The van der Waals surface area contributed by atoms with E-state index < -0.39 is 0 Å². The van der Waals surface area contributed by atoms with Crippen LogP contribution in [0, 0.1) is 19.7 Å².